The van der Waals surface area contributed by atoms with Crippen LogP contribution in [0.4, 0.5) is 13.2 Å². The van der Waals surface area contributed by atoms with Crippen LogP contribution in [0.2, 0.25) is 0 Å². The zero-order valence-electron chi connectivity index (χ0n) is 11.3. The van der Waals surface area contributed by atoms with Crippen molar-refractivity contribution in [2.45, 2.75) is 6.36 Å². The number of halogens is 3. The Bertz CT molecular complexity index is 892. The second-order valence-corrected chi connectivity index (χ2v) is 5.50. The van der Waals surface area contributed by atoms with Gasteiger partial charge in [-0.15, -0.1) is 24.5 Å². The molecule has 1 aromatic carbocycles. The first kappa shape index (κ1) is 15.2. The summed E-state index contributed by atoms with van der Waals surface area (Å²) in [5.74, 6) is -1.19. The molecule has 0 aliphatic rings. The highest BCUT2D eigenvalue weighted by atomic mass is 32.1. The summed E-state index contributed by atoms with van der Waals surface area (Å²) < 4.78 is 42.4. The van der Waals surface area contributed by atoms with Gasteiger partial charge in [0.15, 0.2) is 0 Å². The molecule has 3 rings (SSSR count). The number of nitrogens with zero attached hydrogens (tertiary/aromatic N) is 2. The number of thiophene rings is 1. The van der Waals surface area contributed by atoms with Crippen LogP contribution in [0.15, 0.2) is 36.8 Å². The van der Waals surface area contributed by atoms with Crippen LogP contribution < -0.4 is 10.5 Å². The number of rotatable bonds is 3. The predicted molar refractivity (Wildman–Crippen MR) is 78.1 cm³/mol. The molecule has 3 aromatic rings. The smallest absolute Gasteiger partial charge is 0.405 e. The molecule has 0 aliphatic carbocycles. The predicted octanol–water partition coefficient (Wildman–Crippen LogP) is 3.36. The third kappa shape index (κ3) is 2.95. The highest BCUT2D eigenvalue weighted by molar-refractivity contribution is 7.21. The van der Waals surface area contributed by atoms with E-state index in [-0.39, 0.29) is 16.0 Å². The molecule has 0 spiro atoms. The third-order valence-corrected chi connectivity index (χ3v) is 4.09. The van der Waals surface area contributed by atoms with Crippen LogP contribution in [0.5, 0.6) is 5.75 Å². The maximum Gasteiger partial charge on any atom is 0.573 e. The molecule has 0 bridgehead atoms. The van der Waals surface area contributed by atoms with E-state index < -0.39 is 18.0 Å². The van der Waals surface area contributed by atoms with E-state index in [0.29, 0.717) is 10.2 Å². The number of aromatic nitrogens is 2. The van der Waals surface area contributed by atoms with Crippen molar-refractivity contribution < 1.29 is 22.7 Å². The lowest BCUT2D eigenvalue weighted by molar-refractivity contribution is -0.274. The van der Waals surface area contributed by atoms with E-state index >= 15 is 0 Å². The van der Waals surface area contributed by atoms with Gasteiger partial charge in [0.2, 0.25) is 0 Å². The Morgan fingerprint density at radius 2 is 2.00 bits per heavy atom. The maximum atomic E-state index is 12.6. The average molecular weight is 339 g/mol. The number of para-hydroxylation sites is 1. The molecule has 0 atom stereocenters. The van der Waals surface area contributed by atoms with Gasteiger partial charge in [-0.3, -0.25) is 4.79 Å². The van der Waals surface area contributed by atoms with Crippen molar-refractivity contribution in [3.8, 4) is 16.9 Å². The van der Waals surface area contributed by atoms with Crippen molar-refractivity contribution in [2.75, 3.05) is 0 Å². The van der Waals surface area contributed by atoms with Crippen molar-refractivity contribution in [1.82, 2.24) is 9.97 Å². The highest BCUT2D eigenvalue weighted by Crippen LogP contribution is 2.42. The van der Waals surface area contributed by atoms with Crippen LogP contribution in [0.1, 0.15) is 9.67 Å². The fourth-order valence-corrected chi connectivity index (χ4v) is 3.15. The van der Waals surface area contributed by atoms with Crippen molar-refractivity contribution in [3.63, 3.8) is 0 Å². The Hall–Kier alpha value is -2.68. The van der Waals surface area contributed by atoms with Gasteiger partial charge < -0.3 is 10.5 Å². The normalized spacial score (nSPS) is 11.6. The average Bonchev–Trinajstić information content (AvgIpc) is 2.86. The first-order valence-corrected chi connectivity index (χ1v) is 7.06. The molecule has 0 saturated carbocycles. The number of hydrogen-bond donors (Lipinski definition) is 1. The van der Waals surface area contributed by atoms with Gasteiger partial charge >= 0.3 is 6.36 Å². The van der Waals surface area contributed by atoms with Crippen LogP contribution in [-0.2, 0) is 0 Å². The van der Waals surface area contributed by atoms with Gasteiger partial charge in [-0.25, -0.2) is 9.97 Å². The first-order valence-electron chi connectivity index (χ1n) is 6.24. The maximum absolute atomic E-state index is 12.6. The molecule has 2 N–H and O–H groups in total. The lowest BCUT2D eigenvalue weighted by atomic mass is 10.0. The van der Waals surface area contributed by atoms with E-state index in [1.807, 2.05) is 0 Å². The number of nitrogens with two attached hydrogens (primary N) is 1. The van der Waals surface area contributed by atoms with E-state index in [1.165, 1.54) is 30.7 Å². The Labute approximate surface area is 131 Å². The van der Waals surface area contributed by atoms with E-state index in [0.717, 1.165) is 17.4 Å². The molecule has 5 nitrogen and oxygen atoms in total. The van der Waals surface area contributed by atoms with Gasteiger partial charge in [-0.2, -0.15) is 0 Å². The summed E-state index contributed by atoms with van der Waals surface area (Å²) in [5.41, 5.74) is 5.99. The topological polar surface area (TPSA) is 78.1 Å². The Balaban J connectivity index is 2.29. The number of ether oxygens (including phenoxy) is 1. The van der Waals surface area contributed by atoms with Gasteiger partial charge in [0.05, 0.1) is 10.2 Å². The molecule has 2 aromatic heterocycles. The Kier molecular flexibility index (Phi) is 3.64. The van der Waals surface area contributed by atoms with Gasteiger partial charge in [0.25, 0.3) is 5.91 Å². The van der Waals surface area contributed by atoms with Gasteiger partial charge in [0.1, 0.15) is 17.0 Å². The molecule has 1 amide bonds. The number of benzene rings is 1. The Morgan fingerprint density at radius 3 is 2.70 bits per heavy atom. The molecule has 0 radical (unpaired) electrons. The zero-order valence-corrected chi connectivity index (χ0v) is 12.1. The van der Waals surface area contributed by atoms with E-state index in [1.54, 1.807) is 0 Å². The number of carbonyl (C=O) groups excluding carboxylic acids is 1. The van der Waals surface area contributed by atoms with Gasteiger partial charge in [0, 0.05) is 17.3 Å². The lowest BCUT2D eigenvalue weighted by Crippen LogP contribution is -2.18. The summed E-state index contributed by atoms with van der Waals surface area (Å²) in [5, 5.41) is 0. The number of primary amides is 1. The second kappa shape index (κ2) is 5.51. The van der Waals surface area contributed by atoms with Crippen molar-refractivity contribution in [2.24, 2.45) is 5.73 Å². The van der Waals surface area contributed by atoms with Crippen LogP contribution in [0.3, 0.4) is 0 Å². The number of carbonyl (C=O) groups is 1. The summed E-state index contributed by atoms with van der Waals surface area (Å²) >= 11 is 1.02. The summed E-state index contributed by atoms with van der Waals surface area (Å²) in [4.78, 5) is 19.7. The van der Waals surface area contributed by atoms with Crippen molar-refractivity contribution in [1.29, 1.82) is 0 Å². The van der Waals surface area contributed by atoms with Crippen LogP contribution >= 0.6 is 11.3 Å². The SMILES string of the molecule is NC(=O)c1sc2cncnc2c1-c1ccccc1OC(F)(F)F. The van der Waals surface area contributed by atoms with Crippen molar-refractivity contribution >= 4 is 27.5 Å². The summed E-state index contributed by atoms with van der Waals surface area (Å²) in [7, 11) is 0. The minimum atomic E-state index is -4.86. The minimum absolute atomic E-state index is 0.0866. The zero-order chi connectivity index (χ0) is 16.6. The monoisotopic (exact) mass is 339 g/mol. The van der Waals surface area contributed by atoms with E-state index in [2.05, 4.69) is 14.7 Å². The molecular weight excluding hydrogens is 331 g/mol. The van der Waals surface area contributed by atoms with Gasteiger partial charge in [-0.1, -0.05) is 18.2 Å². The molecule has 9 heteroatoms. The summed E-state index contributed by atoms with van der Waals surface area (Å²) in [6.45, 7) is 0. The van der Waals surface area contributed by atoms with Crippen LogP contribution in [0, 0.1) is 0 Å². The fraction of sp³-hybridized carbons (Fsp3) is 0.0714. The second-order valence-electron chi connectivity index (χ2n) is 4.45. The standard InChI is InChI=1S/C14H8F3N3O2S/c15-14(16,17)22-8-4-2-1-3-7(8)10-11-9(5-19-6-20-11)23-12(10)13(18)21/h1-6H,(H2,18,21). The van der Waals surface area contributed by atoms with Gasteiger partial charge in [-0.05, 0) is 6.07 Å². The fourth-order valence-electron chi connectivity index (χ4n) is 2.16. The number of amides is 1. The largest absolute Gasteiger partial charge is 0.573 e. The summed E-state index contributed by atoms with van der Waals surface area (Å²) in [6.07, 6.45) is -2.14. The minimum Gasteiger partial charge on any atom is -0.405 e. The molecule has 23 heavy (non-hydrogen) atoms. The highest BCUT2D eigenvalue weighted by Gasteiger charge is 2.33. The number of fused-ring (bicyclic) bond motifs is 1. The molecule has 2 heterocycles. The van der Waals surface area contributed by atoms with Crippen LogP contribution in [-0.4, -0.2) is 22.2 Å². The van der Waals surface area contributed by atoms with Crippen molar-refractivity contribution in [3.05, 3.63) is 41.7 Å². The van der Waals surface area contributed by atoms with Crippen LogP contribution in [0.25, 0.3) is 21.3 Å². The number of alkyl halides is 3. The lowest BCUT2D eigenvalue weighted by Gasteiger charge is -2.13. The van der Waals surface area contributed by atoms with E-state index in [9.17, 15) is 18.0 Å². The quantitative estimate of drug-likeness (QED) is 0.794. The number of hydrogen-bond acceptors (Lipinski definition) is 5. The molecule has 0 unspecified atom stereocenters. The Morgan fingerprint density at radius 1 is 1.26 bits per heavy atom. The van der Waals surface area contributed by atoms with E-state index in [4.69, 9.17) is 5.73 Å². The molecule has 0 aliphatic heterocycles. The third-order valence-electron chi connectivity index (χ3n) is 2.96. The molecule has 118 valence electrons. The first-order chi connectivity index (χ1) is 10.9. The molecular formula is C14H8F3N3O2S. The molecule has 0 fully saturated rings. The molecule has 0 saturated heterocycles. The summed E-state index contributed by atoms with van der Waals surface area (Å²) in [6, 6.07) is 5.52.